The van der Waals surface area contributed by atoms with E-state index in [1.54, 1.807) is 0 Å². The van der Waals surface area contributed by atoms with Gasteiger partial charge in [0.1, 0.15) is 17.8 Å². The lowest BCUT2D eigenvalue weighted by molar-refractivity contribution is -0.107. The topological polar surface area (TPSA) is 35.5 Å². The highest BCUT2D eigenvalue weighted by Gasteiger charge is 2.05. The van der Waals surface area contributed by atoms with Crippen molar-refractivity contribution in [2.24, 2.45) is 0 Å². The fraction of sp³-hybridized carbons (Fsp3) is 0.711. The largest absolute Gasteiger partial charge is 0.493 e. The molecule has 0 saturated carbocycles. The van der Waals surface area contributed by atoms with E-state index in [0.29, 0.717) is 6.42 Å². The summed E-state index contributed by atoms with van der Waals surface area (Å²) >= 11 is 0. The van der Waals surface area contributed by atoms with E-state index in [-0.39, 0.29) is 0 Å². The number of ether oxygens (including phenoxy) is 2. The van der Waals surface area contributed by atoms with Gasteiger partial charge < -0.3 is 14.3 Å². The SMILES string of the molecule is CCCCC/C=C\C/C=C\CCCCCCCCOc1cc(CCC=O)cc(OCCCCCCCCCCC/C=C\CCCCC)c1. The summed E-state index contributed by atoms with van der Waals surface area (Å²) in [5.74, 6) is 1.75. The maximum atomic E-state index is 11.0. The van der Waals surface area contributed by atoms with E-state index >= 15 is 0 Å². The van der Waals surface area contributed by atoms with Crippen LogP contribution in [0.1, 0.15) is 193 Å². The van der Waals surface area contributed by atoms with Crippen molar-refractivity contribution < 1.29 is 14.3 Å². The van der Waals surface area contributed by atoms with Crippen LogP contribution < -0.4 is 9.47 Å². The van der Waals surface area contributed by atoms with Crippen LogP contribution in [-0.4, -0.2) is 19.5 Å². The zero-order valence-electron chi connectivity index (χ0n) is 31.7. The Morgan fingerprint density at radius 2 is 0.812 bits per heavy atom. The summed E-state index contributed by atoms with van der Waals surface area (Å²) in [4.78, 5) is 11.0. The average Bonchev–Trinajstić information content (AvgIpc) is 3.10. The van der Waals surface area contributed by atoms with E-state index in [4.69, 9.17) is 9.47 Å². The molecule has 0 heterocycles. The van der Waals surface area contributed by atoms with Crippen molar-refractivity contribution in [2.75, 3.05) is 13.2 Å². The van der Waals surface area contributed by atoms with E-state index in [9.17, 15) is 4.79 Å². The minimum Gasteiger partial charge on any atom is -0.493 e. The van der Waals surface area contributed by atoms with Crippen molar-refractivity contribution in [3.63, 3.8) is 0 Å². The molecule has 0 unspecified atom stereocenters. The molecular weight excluding hydrogens is 588 g/mol. The smallest absolute Gasteiger partial charge is 0.123 e. The van der Waals surface area contributed by atoms with Crippen molar-refractivity contribution in [1.82, 2.24) is 0 Å². The molecule has 3 nitrogen and oxygen atoms in total. The molecule has 0 radical (unpaired) electrons. The van der Waals surface area contributed by atoms with Crippen LogP contribution in [0.2, 0.25) is 0 Å². The minimum atomic E-state index is 0.533. The van der Waals surface area contributed by atoms with Crippen LogP contribution in [0.15, 0.2) is 54.7 Å². The molecule has 0 aliphatic carbocycles. The Morgan fingerprint density at radius 1 is 0.438 bits per heavy atom. The number of benzene rings is 1. The Hall–Kier alpha value is -2.29. The highest BCUT2D eigenvalue weighted by molar-refractivity contribution is 5.50. The summed E-state index contributed by atoms with van der Waals surface area (Å²) in [6, 6.07) is 6.19. The van der Waals surface area contributed by atoms with Gasteiger partial charge in [-0.3, -0.25) is 0 Å². The van der Waals surface area contributed by atoms with Gasteiger partial charge in [-0.1, -0.05) is 147 Å². The van der Waals surface area contributed by atoms with Crippen LogP contribution >= 0.6 is 0 Å². The molecule has 0 fully saturated rings. The Kier molecular flexibility index (Phi) is 32.8. The monoisotopic (exact) mass is 665 g/mol. The van der Waals surface area contributed by atoms with Crippen LogP contribution in [0.4, 0.5) is 0 Å². The van der Waals surface area contributed by atoms with Crippen LogP contribution in [0.5, 0.6) is 11.5 Å². The summed E-state index contributed by atoms with van der Waals surface area (Å²) in [6.45, 7) is 6.01. The average molecular weight is 665 g/mol. The molecule has 0 aliphatic rings. The summed E-state index contributed by atoms with van der Waals surface area (Å²) < 4.78 is 12.3. The Balaban J connectivity index is 2.10. The van der Waals surface area contributed by atoms with Crippen LogP contribution in [0.25, 0.3) is 0 Å². The van der Waals surface area contributed by atoms with Gasteiger partial charge in [0.05, 0.1) is 13.2 Å². The van der Waals surface area contributed by atoms with Gasteiger partial charge in [0.25, 0.3) is 0 Å². The fourth-order valence-corrected chi connectivity index (χ4v) is 5.99. The molecule has 48 heavy (non-hydrogen) atoms. The van der Waals surface area contributed by atoms with E-state index in [1.165, 1.54) is 148 Å². The van der Waals surface area contributed by atoms with Gasteiger partial charge in [0, 0.05) is 12.5 Å². The number of carbonyl (C=O) groups is 1. The predicted octanol–water partition coefficient (Wildman–Crippen LogP) is 14.4. The lowest BCUT2D eigenvalue weighted by Crippen LogP contribution is -2.01. The zero-order valence-corrected chi connectivity index (χ0v) is 31.7. The molecule has 1 rings (SSSR count). The Bertz CT molecular complexity index is 915. The van der Waals surface area contributed by atoms with Gasteiger partial charge in [-0.15, -0.1) is 0 Å². The van der Waals surface area contributed by atoms with Crippen molar-refractivity contribution >= 4 is 6.29 Å². The van der Waals surface area contributed by atoms with Crippen molar-refractivity contribution in [1.29, 1.82) is 0 Å². The van der Waals surface area contributed by atoms with Gasteiger partial charge in [-0.05, 0) is 94.7 Å². The molecule has 0 saturated heterocycles. The number of carbonyl (C=O) groups excluding carboxylic acids is 1. The normalized spacial score (nSPS) is 11.8. The lowest BCUT2D eigenvalue weighted by atomic mass is 10.1. The second-order valence-electron chi connectivity index (χ2n) is 13.7. The van der Waals surface area contributed by atoms with Gasteiger partial charge in [-0.25, -0.2) is 0 Å². The number of unbranched alkanes of at least 4 members (excludes halogenated alkanes) is 21. The molecule has 0 aromatic heterocycles. The molecular formula is C45H76O3. The third-order valence-electron chi connectivity index (χ3n) is 9.03. The first-order valence-corrected chi connectivity index (χ1v) is 20.6. The number of allylic oxidation sites excluding steroid dienone is 6. The maximum absolute atomic E-state index is 11.0. The molecule has 1 aromatic rings. The summed E-state index contributed by atoms with van der Waals surface area (Å²) in [5.41, 5.74) is 1.12. The van der Waals surface area contributed by atoms with Crippen molar-refractivity contribution in [3.05, 3.63) is 60.2 Å². The number of hydrogen-bond acceptors (Lipinski definition) is 3. The molecule has 0 amide bonds. The highest BCUT2D eigenvalue weighted by atomic mass is 16.5. The fourth-order valence-electron chi connectivity index (χ4n) is 5.99. The Morgan fingerprint density at radius 3 is 1.23 bits per heavy atom. The van der Waals surface area contributed by atoms with Crippen molar-refractivity contribution in [3.8, 4) is 11.5 Å². The summed E-state index contributed by atoms with van der Waals surface area (Å²) in [6.07, 6.45) is 49.7. The first-order valence-electron chi connectivity index (χ1n) is 20.6. The third kappa shape index (κ3) is 29.8. The first kappa shape index (κ1) is 43.7. The molecule has 3 heteroatoms. The van der Waals surface area contributed by atoms with Gasteiger partial charge in [0.2, 0.25) is 0 Å². The number of aryl methyl sites for hydroxylation is 1. The second kappa shape index (κ2) is 36.0. The third-order valence-corrected chi connectivity index (χ3v) is 9.03. The van der Waals surface area contributed by atoms with Gasteiger partial charge in [-0.2, -0.15) is 0 Å². The molecule has 0 aliphatic heterocycles. The van der Waals surface area contributed by atoms with Crippen LogP contribution in [0.3, 0.4) is 0 Å². The summed E-state index contributed by atoms with van der Waals surface area (Å²) in [7, 11) is 0. The quantitative estimate of drug-likeness (QED) is 0.0407. The lowest BCUT2D eigenvalue weighted by Gasteiger charge is -2.12. The van der Waals surface area contributed by atoms with Crippen LogP contribution in [0, 0.1) is 0 Å². The predicted molar refractivity (Wildman–Crippen MR) is 211 cm³/mol. The molecule has 0 atom stereocenters. The molecule has 0 N–H and O–H groups in total. The number of rotatable bonds is 36. The van der Waals surface area contributed by atoms with Crippen molar-refractivity contribution in [2.45, 2.75) is 194 Å². The number of hydrogen-bond donors (Lipinski definition) is 0. The van der Waals surface area contributed by atoms with E-state index in [0.717, 1.165) is 62.2 Å². The van der Waals surface area contributed by atoms with E-state index in [1.807, 2.05) is 6.07 Å². The molecule has 0 bridgehead atoms. The minimum absolute atomic E-state index is 0.533. The van der Waals surface area contributed by atoms with Gasteiger partial charge in [0.15, 0.2) is 0 Å². The maximum Gasteiger partial charge on any atom is 0.123 e. The van der Waals surface area contributed by atoms with E-state index in [2.05, 4.69) is 62.4 Å². The first-order chi connectivity index (χ1) is 23.8. The Labute approximate surface area is 298 Å². The number of aldehydes is 1. The van der Waals surface area contributed by atoms with Crippen LogP contribution in [-0.2, 0) is 11.2 Å². The molecule has 0 spiro atoms. The summed E-state index contributed by atoms with van der Waals surface area (Å²) in [5, 5.41) is 0. The van der Waals surface area contributed by atoms with Gasteiger partial charge >= 0.3 is 0 Å². The standard InChI is InChI=1S/C45H76O3/c1-3-5-7-9-11-13-15-17-19-21-23-25-27-29-31-33-38-47-44-40-43(36-35-37-46)41-45(42-44)48-39-34-32-30-28-26-24-22-20-18-16-14-12-10-8-6-4-2/h11-14,17,19,37,40-42H,3-10,15-16,18,20-36,38-39H2,1-2H3/b13-11-,14-12-,19-17-. The highest BCUT2D eigenvalue weighted by Crippen LogP contribution is 2.25. The van der Waals surface area contributed by atoms with E-state index < -0.39 is 0 Å². The molecule has 1 aromatic carbocycles. The molecule has 274 valence electrons. The second-order valence-corrected chi connectivity index (χ2v) is 13.7. The zero-order chi connectivity index (χ0) is 34.4.